The first-order valence-electron chi connectivity index (χ1n) is 14.2. The van der Waals surface area contributed by atoms with Crippen molar-refractivity contribution in [2.75, 3.05) is 25.1 Å². The SMILES string of the molecule is C[C@@H]1Cn2cnc(F)c2CN1c1nc(OC[C@H]2CCCCN2C)nc2cc(-c3cccc4cccc(F)c34)ccc12. The molecular weight excluding hydrogens is 522 g/mol. The second kappa shape index (κ2) is 10.4. The standard InChI is InChI=1S/C32H32F2N6O/c1-20-16-39-19-35-30(34)28(39)17-40(20)31-25-13-12-22(24-10-5-7-21-8-6-11-26(33)29(21)24)15-27(25)36-32(37-31)41-18-23-9-3-4-14-38(23)2/h5-8,10-13,15,19-20,23H,3-4,9,14,16-18H2,1-2H3/t20-,23-/m1/s1. The number of anilines is 1. The van der Waals surface area contributed by atoms with Crippen LogP contribution in [-0.4, -0.2) is 56.7 Å². The quantitative estimate of drug-likeness (QED) is 0.258. The summed E-state index contributed by atoms with van der Waals surface area (Å²) in [6, 6.07) is 17.5. The fourth-order valence-corrected chi connectivity index (χ4v) is 6.28. The number of likely N-dealkylation sites (tertiary alicyclic amines) is 1. The molecule has 3 aromatic carbocycles. The molecule has 1 fully saturated rings. The van der Waals surface area contributed by atoms with Crippen molar-refractivity contribution >= 4 is 27.5 Å². The third-order valence-electron chi connectivity index (χ3n) is 8.63. The van der Waals surface area contributed by atoms with Crippen LogP contribution in [0.1, 0.15) is 31.9 Å². The predicted molar refractivity (Wildman–Crippen MR) is 156 cm³/mol. The monoisotopic (exact) mass is 554 g/mol. The Morgan fingerprint density at radius 2 is 1.88 bits per heavy atom. The van der Waals surface area contributed by atoms with Gasteiger partial charge in [0.1, 0.15) is 18.2 Å². The van der Waals surface area contributed by atoms with Gasteiger partial charge in [0.05, 0.1) is 24.1 Å². The summed E-state index contributed by atoms with van der Waals surface area (Å²) in [5.74, 6) is -0.0303. The van der Waals surface area contributed by atoms with Crippen molar-refractivity contribution < 1.29 is 13.5 Å². The van der Waals surface area contributed by atoms with Crippen molar-refractivity contribution in [1.82, 2.24) is 24.4 Å². The van der Waals surface area contributed by atoms with Crippen molar-refractivity contribution in [3.05, 3.63) is 78.4 Å². The van der Waals surface area contributed by atoms with Crippen LogP contribution in [0.5, 0.6) is 6.01 Å². The maximum atomic E-state index is 15.0. The number of hydrogen-bond donors (Lipinski definition) is 0. The minimum atomic E-state index is -0.461. The summed E-state index contributed by atoms with van der Waals surface area (Å²) in [6.45, 7) is 4.56. The van der Waals surface area contributed by atoms with E-state index in [1.165, 1.54) is 18.9 Å². The molecule has 0 aliphatic carbocycles. The van der Waals surface area contributed by atoms with E-state index in [0.29, 0.717) is 54.2 Å². The second-order valence-electron chi connectivity index (χ2n) is 11.3. The van der Waals surface area contributed by atoms with Gasteiger partial charge in [-0.05, 0) is 68.1 Å². The average Bonchev–Trinajstić information content (AvgIpc) is 3.34. The van der Waals surface area contributed by atoms with Crippen LogP contribution in [-0.2, 0) is 13.1 Å². The zero-order chi connectivity index (χ0) is 28.1. The molecule has 7 rings (SSSR count). The molecule has 0 spiro atoms. The van der Waals surface area contributed by atoms with E-state index in [0.717, 1.165) is 34.9 Å². The lowest BCUT2D eigenvalue weighted by Gasteiger charge is -2.36. The van der Waals surface area contributed by atoms with Gasteiger partial charge in [0.25, 0.3) is 0 Å². The highest BCUT2D eigenvalue weighted by atomic mass is 19.1. The third-order valence-corrected chi connectivity index (χ3v) is 8.63. The molecule has 1 saturated heterocycles. The fraction of sp³-hybridized carbons (Fsp3) is 0.344. The largest absolute Gasteiger partial charge is 0.462 e. The van der Waals surface area contributed by atoms with Gasteiger partial charge in [-0.2, -0.15) is 14.4 Å². The van der Waals surface area contributed by atoms with Gasteiger partial charge in [-0.1, -0.05) is 42.8 Å². The number of fused-ring (bicyclic) bond motifs is 3. The van der Waals surface area contributed by atoms with Crippen molar-refractivity contribution in [3.8, 4) is 17.1 Å². The Bertz CT molecular complexity index is 1750. The van der Waals surface area contributed by atoms with E-state index in [2.05, 4.69) is 28.8 Å². The van der Waals surface area contributed by atoms with Gasteiger partial charge in [-0.3, -0.25) is 0 Å². The van der Waals surface area contributed by atoms with Gasteiger partial charge >= 0.3 is 6.01 Å². The van der Waals surface area contributed by atoms with E-state index >= 15 is 4.39 Å². The lowest BCUT2D eigenvalue weighted by molar-refractivity contribution is 0.120. The summed E-state index contributed by atoms with van der Waals surface area (Å²) in [7, 11) is 2.13. The number of halogens is 2. The molecule has 7 nitrogen and oxygen atoms in total. The van der Waals surface area contributed by atoms with Gasteiger partial charge in [-0.25, -0.2) is 9.37 Å². The van der Waals surface area contributed by atoms with Crippen LogP contribution in [0.15, 0.2) is 60.9 Å². The van der Waals surface area contributed by atoms with Crippen LogP contribution >= 0.6 is 0 Å². The molecule has 0 radical (unpaired) electrons. The van der Waals surface area contributed by atoms with Crippen LogP contribution in [0.4, 0.5) is 14.6 Å². The first-order chi connectivity index (χ1) is 20.0. The molecule has 210 valence electrons. The first kappa shape index (κ1) is 25.8. The lowest BCUT2D eigenvalue weighted by atomic mass is 9.97. The molecule has 9 heteroatoms. The molecule has 2 aliphatic heterocycles. The van der Waals surface area contributed by atoms with Crippen molar-refractivity contribution in [2.24, 2.45) is 0 Å². The van der Waals surface area contributed by atoms with Gasteiger partial charge in [-0.15, -0.1) is 0 Å². The van der Waals surface area contributed by atoms with E-state index in [9.17, 15) is 4.39 Å². The summed E-state index contributed by atoms with van der Waals surface area (Å²) < 4.78 is 37.7. The number of nitrogens with zero attached hydrogens (tertiary/aromatic N) is 6. The first-order valence-corrected chi connectivity index (χ1v) is 14.2. The van der Waals surface area contributed by atoms with Crippen LogP contribution in [0.25, 0.3) is 32.8 Å². The topological polar surface area (TPSA) is 59.3 Å². The average molecular weight is 555 g/mol. The molecule has 0 saturated carbocycles. The van der Waals surface area contributed by atoms with E-state index in [1.54, 1.807) is 12.4 Å². The number of likely N-dealkylation sites (N-methyl/N-ethyl adjacent to an activating group) is 1. The molecule has 5 aromatic rings. The number of rotatable bonds is 5. The van der Waals surface area contributed by atoms with Gasteiger partial charge < -0.3 is 19.1 Å². The Balaban J connectivity index is 1.34. The van der Waals surface area contributed by atoms with Crippen molar-refractivity contribution in [2.45, 2.75) is 51.4 Å². The molecule has 2 aromatic heterocycles. The Labute approximate surface area is 237 Å². The second-order valence-corrected chi connectivity index (χ2v) is 11.3. The molecular formula is C32H32F2N6O. The molecule has 2 atom stereocenters. The van der Waals surface area contributed by atoms with Gasteiger partial charge in [0.2, 0.25) is 5.95 Å². The minimum Gasteiger partial charge on any atom is -0.462 e. The molecule has 0 bridgehead atoms. The van der Waals surface area contributed by atoms with E-state index < -0.39 is 5.95 Å². The summed E-state index contributed by atoms with van der Waals surface area (Å²) in [6.07, 6.45) is 5.00. The Morgan fingerprint density at radius 1 is 1.02 bits per heavy atom. The normalized spacial score (nSPS) is 19.6. The number of benzene rings is 3. The maximum absolute atomic E-state index is 15.0. The molecule has 0 unspecified atom stereocenters. The van der Waals surface area contributed by atoms with E-state index in [-0.39, 0.29) is 11.9 Å². The van der Waals surface area contributed by atoms with Crippen LogP contribution in [0.2, 0.25) is 0 Å². The highest BCUT2D eigenvalue weighted by Gasteiger charge is 2.29. The Morgan fingerprint density at radius 3 is 2.73 bits per heavy atom. The number of imidazole rings is 1. The molecule has 0 N–H and O–H groups in total. The van der Waals surface area contributed by atoms with E-state index in [4.69, 9.17) is 14.7 Å². The smallest absolute Gasteiger partial charge is 0.319 e. The zero-order valence-corrected chi connectivity index (χ0v) is 23.2. The number of piperidine rings is 1. The molecule has 41 heavy (non-hydrogen) atoms. The van der Waals surface area contributed by atoms with Gasteiger partial charge in [0.15, 0.2) is 0 Å². The summed E-state index contributed by atoms with van der Waals surface area (Å²) in [5.41, 5.74) is 2.88. The minimum absolute atomic E-state index is 0.0402. The van der Waals surface area contributed by atoms with Crippen molar-refractivity contribution in [1.29, 1.82) is 0 Å². The van der Waals surface area contributed by atoms with Crippen LogP contribution in [0, 0.1) is 11.8 Å². The third kappa shape index (κ3) is 4.68. The Hall–Kier alpha value is -4.11. The summed E-state index contributed by atoms with van der Waals surface area (Å²) >= 11 is 0. The Kier molecular flexibility index (Phi) is 6.54. The highest BCUT2D eigenvalue weighted by Crippen LogP contribution is 2.36. The fourth-order valence-electron chi connectivity index (χ4n) is 6.28. The van der Waals surface area contributed by atoms with E-state index in [1.807, 2.05) is 47.0 Å². The van der Waals surface area contributed by atoms with Crippen molar-refractivity contribution in [3.63, 3.8) is 0 Å². The van der Waals surface area contributed by atoms with Gasteiger partial charge in [0, 0.05) is 29.4 Å². The molecule has 2 aliphatic rings. The number of ether oxygens (including phenoxy) is 1. The summed E-state index contributed by atoms with van der Waals surface area (Å²) in [4.78, 5) is 18.1. The molecule has 4 heterocycles. The number of aromatic nitrogens is 4. The number of hydrogen-bond acceptors (Lipinski definition) is 6. The zero-order valence-electron chi connectivity index (χ0n) is 23.2. The van der Waals surface area contributed by atoms with Crippen LogP contribution in [0.3, 0.4) is 0 Å². The summed E-state index contributed by atoms with van der Waals surface area (Å²) in [5, 5.41) is 2.25. The van der Waals surface area contributed by atoms with Crippen LogP contribution < -0.4 is 9.64 Å². The highest BCUT2D eigenvalue weighted by molar-refractivity contribution is 6.00. The lowest BCUT2D eigenvalue weighted by Crippen LogP contribution is -2.42. The maximum Gasteiger partial charge on any atom is 0.319 e. The predicted octanol–water partition coefficient (Wildman–Crippen LogP) is 6.20. The molecule has 0 amide bonds.